The molecule has 1 heteroatoms. The van der Waals surface area contributed by atoms with Gasteiger partial charge in [0.15, 0.2) is 0 Å². The average molecular weight is 220 g/mol. The predicted octanol–water partition coefficient (Wildman–Crippen LogP) is 3.53. The molecule has 3 rings (SSSR count). The van der Waals surface area contributed by atoms with E-state index in [2.05, 4.69) is 27.7 Å². The highest BCUT2D eigenvalue weighted by Gasteiger charge is 2.55. The van der Waals surface area contributed by atoms with E-state index in [0.717, 1.165) is 5.92 Å². The minimum atomic E-state index is -0.178. The van der Waals surface area contributed by atoms with Crippen molar-refractivity contribution in [2.24, 2.45) is 22.7 Å². The highest BCUT2D eigenvalue weighted by molar-refractivity contribution is 5.34. The van der Waals surface area contributed by atoms with Gasteiger partial charge in [0.2, 0.25) is 0 Å². The van der Waals surface area contributed by atoms with Crippen LogP contribution in [0.1, 0.15) is 53.4 Å². The normalized spacial score (nSPS) is 49.7. The van der Waals surface area contributed by atoms with Crippen LogP contribution in [0.4, 0.5) is 0 Å². The predicted molar refractivity (Wildman–Crippen MR) is 66.0 cm³/mol. The van der Waals surface area contributed by atoms with Crippen molar-refractivity contribution in [3.05, 3.63) is 11.1 Å². The van der Waals surface area contributed by atoms with Crippen LogP contribution in [-0.4, -0.2) is 11.2 Å². The van der Waals surface area contributed by atoms with Gasteiger partial charge in [-0.2, -0.15) is 0 Å². The molecule has 3 aliphatic carbocycles. The van der Waals surface area contributed by atoms with Crippen LogP contribution in [0.2, 0.25) is 0 Å². The fraction of sp³-hybridized carbons (Fsp3) is 0.867. The number of allylic oxidation sites excluding steroid dienone is 1. The lowest BCUT2D eigenvalue weighted by molar-refractivity contribution is 0.0377. The second-order valence-electron chi connectivity index (χ2n) is 7.38. The zero-order chi connectivity index (χ0) is 11.7. The third-order valence-electron chi connectivity index (χ3n) is 5.78. The summed E-state index contributed by atoms with van der Waals surface area (Å²) in [5, 5.41) is 10.5. The largest absolute Gasteiger partial charge is 0.388 e. The van der Waals surface area contributed by atoms with Crippen molar-refractivity contribution in [1.29, 1.82) is 0 Å². The zero-order valence-corrected chi connectivity index (χ0v) is 11.0. The van der Waals surface area contributed by atoms with E-state index in [1.807, 2.05) is 0 Å². The molecule has 0 aromatic carbocycles. The van der Waals surface area contributed by atoms with Crippen molar-refractivity contribution in [2.75, 3.05) is 0 Å². The molecule has 0 aromatic rings. The number of aliphatic hydroxyl groups excluding tert-OH is 1. The van der Waals surface area contributed by atoms with Crippen LogP contribution in [0.25, 0.3) is 0 Å². The van der Waals surface area contributed by atoms with Gasteiger partial charge in [-0.05, 0) is 60.8 Å². The van der Waals surface area contributed by atoms with Crippen LogP contribution < -0.4 is 0 Å². The van der Waals surface area contributed by atoms with Crippen molar-refractivity contribution in [2.45, 2.75) is 59.5 Å². The van der Waals surface area contributed by atoms with Crippen molar-refractivity contribution in [3.63, 3.8) is 0 Å². The number of hydrogen-bond donors (Lipinski definition) is 1. The van der Waals surface area contributed by atoms with Gasteiger partial charge in [-0.1, -0.05) is 26.3 Å². The molecule has 0 spiro atoms. The number of rotatable bonds is 0. The van der Waals surface area contributed by atoms with Crippen LogP contribution in [0.3, 0.4) is 0 Å². The average Bonchev–Trinajstić information content (AvgIpc) is 2.34. The summed E-state index contributed by atoms with van der Waals surface area (Å²) in [4.78, 5) is 0. The van der Waals surface area contributed by atoms with Gasteiger partial charge < -0.3 is 5.11 Å². The lowest BCUT2D eigenvalue weighted by Crippen LogP contribution is -2.44. The molecule has 3 aliphatic rings. The Bertz CT molecular complexity index is 366. The summed E-state index contributed by atoms with van der Waals surface area (Å²) in [6.07, 6.45) is 5.08. The highest BCUT2D eigenvalue weighted by Crippen LogP contribution is 2.63. The maximum Gasteiger partial charge on any atom is 0.0806 e. The van der Waals surface area contributed by atoms with Gasteiger partial charge in [-0.25, -0.2) is 0 Å². The molecule has 0 unspecified atom stereocenters. The van der Waals surface area contributed by atoms with E-state index >= 15 is 0 Å². The Balaban J connectivity index is 2.04. The van der Waals surface area contributed by atoms with Gasteiger partial charge in [0.05, 0.1) is 6.10 Å². The van der Waals surface area contributed by atoms with Gasteiger partial charge >= 0.3 is 0 Å². The first kappa shape index (κ1) is 10.8. The molecule has 0 aromatic heterocycles. The summed E-state index contributed by atoms with van der Waals surface area (Å²) in [5.41, 5.74) is 3.63. The Morgan fingerprint density at radius 1 is 1.19 bits per heavy atom. The molecule has 2 fully saturated rings. The van der Waals surface area contributed by atoms with Crippen LogP contribution >= 0.6 is 0 Å². The summed E-state index contributed by atoms with van der Waals surface area (Å²) in [6, 6.07) is 0. The highest BCUT2D eigenvalue weighted by atomic mass is 16.3. The van der Waals surface area contributed by atoms with E-state index in [-0.39, 0.29) is 11.5 Å². The van der Waals surface area contributed by atoms with Crippen LogP contribution in [0.15, 0.2) is 11.1 Å². The molecule has 0 radical (unpaired) electrons. The van der Waals surface area contributed by atoms with Crippen molar-refractivity contribution < 1.29 is 5.11 Å². The lowest BCUT2D eigenvalue weighted by Gasteiger charge is -2.53. The summed E-state index contributed by atoms with van der Waals surface area (Å²) in [6.45, 7) is 9.19. The first-order valence-electron chi connectivity index (χ1n) is 6.74. The van der Waals surface area contributed by atoms with Crippen molar-refractivity contribution in [1.82, 2.24) is 0 Å². The van der Waals surface area contributed by atoms with Gasteiger partial charge in [0, 0.05) is 0 Å². The number of hydrogen-bond acceptors (Lipinski definition) is 1. The molecule has 1 nitrogen and oxygen atoms in total. The quantitative estimate of drug-likeness (QED) is 0.619. The minimum Gasteiger partial charge on any atom is -0.388 e. The third kappa shape index (κ3) is 1.16. The van der Waals surface area contributed by atoms with E-state index in [1.165, 1.54) is 31.3 Å². The molecule has 0 bridgehead atoms. The summed E-state index contributed by atoms with van der Waals surface area (Å²) in [5.74, 6) is 1.45. The molecule has 90 valence electrons. The van der Waals surface area contributed by atoms with E-state index < -0.39 is 0 Å². The molecular weight excluding hydrogens is 196 g/mol. The van der Waals surface area contributed by atoms with E-state index in [9.17, 15) is 5.11 Å². The standard InChI is InChI=1S/C15H24O/c1-9-11-5-6-15(11,4)8-10-7-14(2,3)13(16)12(9)10/h10-11,13,16H,5-8H2,1-4H3/t10-,11+,13-,15-/m1/s1. The van der Waals surface area contributed by atoms with Gasteiger partial charge in [0.1, 0.15) is 0 Å². The Morgan fingerprint density at radius 2 is 1.88 bits per heavy atom. The summed E-state index contributed by atoms with van der Waals surface area (Å²) < 4.78 is 0. The number of fused-ring (bicyclic) bond motifs is 2. The summed E-state index contributed by atoms with van der Waals surface area (Å²) in [7, 11) is 0. The lowest BCUT2D eigenvalue weighted by atomic mass is 9.51. The second-order valence-corrected chi connectivity index (χ2v) is 7.38. The Morgan fingerprint density at radius 3 is 2.44 bits per heavy atom. The van der Waals surface area contributed by atoms with Gasteiger partial charge in [0.25, 0.3) is 0 Å². The Kier molecular flexibility index (Phi) is 1.98. The fourth-order valence-electron chi connectivity index (χ4n) is 4.75. The molecule has 16 heavy (non-hydrogen) atoms. The van der Waals surface area contributed by atoms with Crippen LogP contribution in [0, 0.1) is 22.7 Å². The Labute approximate surface area is 98.9 Å². The van der Waals surface area contributed by atoms with Gasteiger partial charge in [-0.15, -0.1) is 0 Å². The smallest absolute Gasteiger partial charge is 0.0806 e. The Hall–Kier alpha value is -0.300. The molecular formula is C15H24O. The van der Waals surface area contributed by atoms with Gasteiger partial charge in [-0.3, -0.25) is 0 Å². The maximum atomic E-state index is 10.5. The zero-order valence-electron chi connectivity index (χ0n) is 11.0. The first-order chi connectivity index (χ1) is 7.35. The van der Waals surface area contributed by atoms with E-state index in [0.29, 0.717) is 11.3 Å². The third-order valence-corrected chi connectivity index (χ3v) is 5.78. The molecule has 4 atom stereocenters. The molecule has 2 saturated carbocycles. The van der Waals surface area contributed by atoms with Crippen LogP contribution in [0.5, 0.6) is 0 Å². The van der Waals surface area contributed by atoms with E-state index in [4.69, 9.17) is 0 Å². The second kappa shape index (κ2) is 2.93. The fourth-order valence-corrected chi connectivity index (χ4v) is 4.75. The monoisotopic (exact) mass is 220 g/mol. The summed E-state index contributed by atoms with van der Waals surface area (Å²) >= 11 is 0. The molecule has 0 saturated heterocycles. The SMILES string of the molecule is CC1=C2[C@H](CC(C)(C)[C@@H]2O)C[C@@]2(C)CC[C@@H]12. The molecule has 0 amide bonds. The minimum absolute atomic E-state index is 0.0986. The van der Waals surface area contributed by atoms with Crippen molar-refractivity contribution >= 4 is 0 Å². The number of aliphatic hydroxyl groups is 1. The van der Waals surface area contributed by atoms with Crippen molar-refractivity contribution in [3.8, 4) is 0 Å². The van der Waals surface area contributed by atoms with Crippen LogP contribution in [-0.2, 0) is 0 Å². The first-order valence-corrected chi connectivity index (χ1v) is 6.74. The molecule has 0 heterocycles. The maximum absolute atomic E-state index is 10.5. The topological polar surface area (TPSA) is 20.2 Å². The molecule has 0 aliphatic heterocycles. The molecule has 1 N–H and O–H groups in total. The van der Waals surface area contributed by atoms with E-state index in [1.54, 1.807) is 5.57 Å².